The molecule has 84 heavy (non-hydrogen) atoms. The summed E-state index contributed by atoms with van der Waals surface area (Å²) in [7, 11) is -9.14. The molecule has 21 nitrogen and oxygen atoms in total. The lowest BCUT2D eigenvalue weighted by atomic mass is 9.93. The summed E-state index contributed by atoms with van der Waals surface area (Å²) in [4.78, 5) is 79.4. The van der Waals surface area contributed by atoms with Crippen molar-refractivity contribution in [3.8, 4) is 23.0 Å². The lowest BCUT2D eigenvalue weighted by Gasteiger charge is -2.26. The highest BCUT2D eigenvalue weighted by atomic mass is 35.5. The van der Waals surface area contributed by atoms with Crippen molar-refractivity contribution in [1.82, 2.24) is 39.5 Å². The molecule has 2 aliphatic carbocycles. The molecule has 3 aromatic heterocycles. The second-order valence-electron chi connectivity index (χ2n) is 19.8. The lowest BCUT2D eigenvalue weighted by molar-refractivity contribution is -0.154. The van der Waals surface area contributed by atoms with Gasteiger partial charge in [0.1, 0.15) is 52.7 Å². The summed E-state index contributed by atoms with van der Waals surface area (Å²) in [6.45, 7) is -1.91. The number of fused-ring (bicyclic) bond motifs is 4. The van der Waals surface area contributed by atoms with Crippen molar-refractivity contribution in [3.63, 3.8) is 0 Å². The molecule has 3 amide bonds. The van der Waals surface area contributed by atoms with Crippen LogP contribution in [0.2, 0.25) is 5.02 Å². The second kappa shape index (κ2) is 23.1. The van der Waals surface area contributed by atoms with Crippen LogP contribution in [0.3, 0.4) is 0 Å². The number of sulfonamides is 1. The standard InChI is InChI=1S/C50H43ClF10N8O13S2/c1-47(2,83(3,79)80)12-10-26-4-5-27(42(62-26)32(16-23-14-24(52)17-25(53)15-23)63-36(71)20-68-45-40(44(65-68)50(59,60)61)29-18-30(29)49(45,57)58)28-6-7-31(51)41-33(64-69(43(28)41)22-48(54,55)56)21-84(81,82)66-35(70)8-9-37(72)67(13-11-38(73)74)34(46(77)78)19-39(75)76/h4-9,14-15,17,29-30,32,34H,11,13,16,18-22H2,1-3H3,(H,63,71)(H,66,70)(H,73,74)(H,75,76)(H,77,78)/b9-8+/t29-,30+,32-,34-/m0/s1. The number of hydrogen-bond donors (Lipinski definition) is 5. The number of nitrogens with one attached hydrogen (secondary N) is 2. The Morgan fingerprint density at radius 3 is 2.13 bits per heavy atom. The number of rotatable bonds is 21. The van der Waals surface area contributed by atoms with E-state index in [1.165, 1.54) is 18.6 Å². The molecule has 0 radical (unpaired) electrons. The Kier molecular flexibility index (Phi) is 17.5. The number of carbonyl (C=O) groups is 6. The molecule has 3 heterocycles. The van der Waals surface area contributed by atoms with Crippen molar-refractivity contribution >= 4 is 78.0 Å². The smallest absolute Gasteiger partial charge is 0.435 e. The lowest BCUT2D eigenvalue weighted by Crippen LogP contribution is -2.46. The summed E-state index contributed by atoms with van der Waals surface area (Å²) >= 11 is 6.58. The van der Waals surface area contributed by atoms with E-state index in [-0.39, 0.29) is 49.7 Å². The van der Waals surface area contributed by atoms with E-state index < -0.39 is 209 Å². The summed E-state index contributed by atoms with van der Waals surface area (Å²) < 4.78 is 200. The number of pyridine rings is 1. The number of alkyl halides is 8. The maximum Gasteiger partial charge on any atom is 0.435 e. The predicted octanol–water partition coefficient (Wildman–Crippen LogP) is 6.02. The minimum atomic E-state index is -5.27. The molecule has 450 valence electrons. The van der Waals surface area contributed by atoms with Crippen LogP contribution in [0.25, 0.3) is 22.0 Å². The number of carbonyl (C=O) groups excluding carboxylic acids is 3. The Balaban J connectivity index is 1.36. The number of halogens is 11. The average molecular weight is 1250 g/mol. The number of sulfone groups is 1. The summed E-state index contributed by atoms with van der Waals surface area (Å²) in [5.74, 6) is -15.3. The van der Waals surface area contributed by atoms with E-state index in [1.807, 2.05) is 0 Å². The zero-order valence-electron chi connectivity index (χ0n) is 43.2. The SMILES string of the molecule is CC(C)(C#Cc1ccc(-c2ccc(Cl)c3c(CS(=O)(=O)NC(=O)/C=C/C(=O)N(CCC(=O)O)[C@@H](CC(=O)O)C(=O)O)nn(CC(F)(F)F)c23)c([C@H](Cc2cc(F)cc(F)c2)NC(=O)Cn2nc(C(F)(F)F)c3c2C(F)(F)[C@@H]2C[C@H]32)n1)S(C)(=O)=O. The molecule has 0 unspecified atom stereocenters. The van der Waals surface area contributed by atoms with Crippen molar-refractivity contribution in [2.24, 2.45) is 5.92 Å². The van der Waals surface area contributed by atoms with Crippen LogP contribution in [0.1, 0.15) is 84.7 Å². The van der Waals surface area contributed by atoms with E-state index in [4.69, 9.17) is 16.7 Å². The molecule has 1 fully saturated rings. The zero-order chi connectivity index (χ0) is 62.6. The van der Waals surface area contributed by atoms with Crippen LogP contribution in [0.15, 0.2) is 54.6 Å². The van der Waals surface area contributed by atoms with Gasteiger partial charge in [-0.1, -0.05) is 23.6 Å². The summed E-state index contributed by atoms with van der Waals surface area (Å²) in [5.41, 5.74) is -7.19. The Morgan fingerprint density at radius 2 is 1.55 bits per heavy atom. The van der Waals surface area contributed by atoms with Gasteiger partial charge in [-0.2, -0.15) is 45.3 Å². The first-order valence-electron chi connectivity index (χ1n) is 24.2. The normalized spacial score (nSPS) is 16.5. The quantitative estimate of drug-likeness (QED) is 0.0318. The first-order valence-corrected chi connectivity index (χ1v) is 28.1. The third-order valence-corrected chi connectivity index (χ3v) is 16.7. The zero-order valence-corrected chi connectivity index (χ0v) is 45.6. The number of amides is 3. The highest BCUT2D eigenvalue weighted by Gasteiger charge is 2.68. The van der Waals surface area contributed by atoms with E-state index in [1.54, 1.807) is 0 Å². The van der Waals surface area contributed by atoms with Crippen molar-refractivity contribution in [2.45, 2.75) is 99.4 Å². The monoisotopic (exact) mass is 1250 g/mol. The van der Waals surface area contributed by atoms with Gasteiger partial charge in [-0.3, -0.25) is 33.3 Å². The molecular formula is C50H43ClF10N8O13S2. The summed E-state index contributed by atoms with van der Waals surface area (Å²) in [6, 6.07) is 2.15. The molecule has 34 heteroatoms. The van der Waals surface area contributed by atoms with Gasteiger partial charge in [0, 0.05) is 59.0 Å². The molecule has 1 saturated carbocycles. The number of nitrogens with zero attached hydrogens (tertiary/aromatic N) is 6. The van der Waals surface area contributed by atoms with Gasteiger partial charge >= 0.3 is 30.3 Å². The molecule has 0 aliphatic heterocycles. The van der Waals surface area contributed by atoms with Crippen LogP contribution >= 0.6 is 11.6 Å². The number of aliphatic carboxylic acids is 3. The highest BCUT2D eigenvalue weighted by Crippen LogP contribution is 2.68. The molecule has 0 spiro atoms. The molecule has 7 rings (SSSR count). The van der Waals surface area contributed by atoms with E-state index in [0.29, 0.717) is 6.07 Å². The maximum absolute atomic E-state index is 15.6. The fourth-order valence-corrected chi connectivity index (χ4v) is 10.7. The number of benzene rings is 2. The molecule has 2 aromatic carbocycles. The minimum Gasteiger partial charge on any atom is -0.481 e. The fourth-order valence-electron chi connectivity index (χ4n) is 9.23. The van der Waals surface area contributed by atoms with Crippen LogP contribution in [-0.4, -0.2) is 127 Å². The van der Waals surface area contributed by atoms with Crippen molar-refractivity contribution in [1.29, 1.82) is 0 Å². The Morgan fingerprint density at radius 1 is 0.905 bits per heavy atom. The third-order valence-electron chi connectivity index (χ3n) is 13.2. The van der Waals surface area contributed by atoms with Gasteiger partial charge in [0.05, 0.1) is 40.8 Å². The van der Waals surface area contributed by atoms with Gasteiger partial charge in [-0.15, -0.1) is 0 Å². The molecule has 0 bridgehead atoms. The van der Waals surface area contributed by atoms with Crippen LogP contribution < -0.4 is 10.0 Å². The van der Waals surface area contributed by atoms with E-state index in [0.717, 1.165) is 42.7 Å². The number of carboxylic acid groups (broad SMARTS) is 3. The fraction of sp³-hybridized carbons (Fsp3) is 0.380. The maximum atomic E-state index is 15.6. The second-order valence-corrected chi connectivity index (χ2v) is 24.5. The van der Waals surface area contributed by atoms with E-state index >= 15 is 8.78 Å². The Labute approximate surface area is 472 Å². The largest absolute Gasteiger partial charge is 0.481 e. The van der Waals surface area contributed by atoms with Gasteiger partial charge < -0.3 is 25.5 Å². The van der Waals surface area contributed by atoms with Crippen LogP contribution in [0, 0.1) is 29.4 Å². The molecule has 5 N–H and O–H groups in total. The number of aromatic nitrogens is 5. The first-order chi connectivity index (χ1) is 38.7. The van der Waals surface area contributed by atoms with Crippen LogP contribution in [0.5, 0.6) is 0 Å². The topological polar surface area (TPSA) is 307 Å². The summed E-state index contributed by atoms with van der Waals surface area (Å²) in [5, 5.41) is 36.4. The molecule has 0 saturated heterocycles. The van der Waals surface area contributed by atoms with Gasteiger partial charge in [-0.25, -0.2) is 40.1 Å². The summed E-state index contributed by atoms with van der Waals surface area (Å²) in [6.07, 6.45) is -12.4. The van der Waals surface area contributed by atoms with E-state index in [2.05, 4.69) is 32.3 Å². The van der Waals surface area contributed by atoms with E-state index in [9.17, 15) is 90.9 Å². The third kappa shape index (κ3) is 14.3. The Bertz CT molecular complexity index is 3870. The molecule has 4 atom stereocenters. The predicted molar refractivity (Wildman–Crippen MR) is 270 cm³/mol. The number of hydrogen-bond acceptors (Lipinski definition) is 13. The van der Waals surface area contributed by atoms with Crippen molar-refractivity contribution in [3.05, 3.63) is 111 Å². The minimum absolute atomic E-state index is 0.147. The molecular weight excluding hydrogens is 1210 g/mol. The average Bonchev–Trinajstić information content (AvgIpc) is 1.58. The highest BCUT2D eigenvalue weighted by molar-refractivity contribution is 7.92. The van der Waals surface area contributed by atoms with Gasteiger partial charge in [-0.05, 0) is 74.4 Å². The van der Waals surface area contributed by atoms with Gasteiger partial charge in [0.25, 0.3) is 11.8 Å². The Hall–Kier alpha value is -8.12. The van der Waals surface area contributed by atoms with Gasteiger partial charge in [0.2, 0.25) is 21.8 Å². The van der Waals surface area contributed by atoms with Crippen LogP contribution in [-0.2, 0) is 86.0 Å². The number of carboxylic acids is 3. The van der Waals surface area contributed by atoms with Crippen molar-refractivity contribution in [2.75, 3.05) is 12.8 Å². The first kappa shape index (κ1) is 63.5. The van der Waals surface area contributed by atoms with Crippen molar-refractivity contribution < 1.29 is 105 Å². The van der Waals surface area contributed by atoms with Crippen LogP contribution in [0.4, 0.5) is 43.9 Å². The van der Waals surface area contributed by atoms with Gasteiger partial charge in [0.15, 0.2) is 15.5 Å². The molecule has 2 aliphatic rings. The molecule has 5 aromatic rings.